The minimum absolute atomic E-state index is 0.377. The fraction of sp³-hybridized carbons (Fsp3) is 0.267. The molecule has 0 radical (unpaired) electrons. The number of amides is 1. The number of benzene rings is 3. The Morgan fingerprint density at radius 1 is 0.886 bits per heavy atom. The highest BCUT2D eigenvalue weighted by atomic mass is 16.6. The van der Waals surface area contributed by atoms with E-state index in [9.17, 15) is 4.79 Å². The second-order valence-electron chi connectivity index (χ2n) is 8.39. The Morgan fingerprint density at radius 2 is 1.43 bits per heavy atom. The summed E-state index contributed by atoms with van der Waals surface area (Å²) in [6.07, 6.45) is 1.34. The number of aromatic nitrogens is 1. The summed E-state index contributed by atoms with van der Waals surface area (Å²) in [4.78, 5) is 12.5. The second kappa shape index (κ2) is 12.6. The number of rotatable bonds is 6. The molecule has 0 bridgehead atoms. The maximum Gasteiger partial charge on any atom is 0.412 e. The van der Waals surface area contributed by atoms with Crippen LogP contribution in [0.25, 0.3) is 22.5 Å². The highest BCUT2D eigenvalue weighted by Gasteiger charge is 2.20. The predicted molar refractivity (Wildman–Crippen MR) is 142 cm³/mol. The van der Waals surface area contributed by atoms with Gasteiger partial charge in [-0.3, -0.25) is 5.32 Å². The SMILES string of the molecule is CCC.CCc1ccc(-c2ccc(-c3onc(C)c3NC(=O)OC(C)c3ccccc3)cc2)cc1. The summed E-state index contributed by atoms with van der Waals surface area (Å²) in [5.74, 6) is 0.500. The summed E-state index contributed by atoms with van der Waals surface area (Å²) >= 11 is 0. The zero-order valence-electron chi connectivity index (χ0n) is 21.2. The molecule has 1 N–H and O–H groups in total. The number of aryl methyl sites for hydroxylation is 2. The van der Waals surface area contributed by atoms with Gasteiger partial charge < -0.3 is 9.26 Å². The number of ether oxygens (including phenoxy) is 1. The van der Waals surface area contributed by atoms with E-state index in [0.717, 1.165) is 28.7 Å². The van der Waals surface area contributed by atoms with Gasteiger partial charge in [0.05, 0.1) is 0 Å². The molecule has 182 valence electrons. The summed E-state index contributed by atoms with van der Waals surface area (Å²) in [7, 11) is 0. The zero-order valence-corrected chi connectivity index (χ0v) is 21.2. The molecule has 0 aliphatic carbocycles. The fourth-order valence-electron chi connectivity index (χ4n) is 3.55. The third-order valence-electron chi connectivity index (χ3n) is 5.49. The largest absolute Gasteiger partial charge is 0.441 e. The van der Waals surface area contributed by atoms with Crippen LogP contribution >= 0.6 is 0 Å². The Kier molecular flexibility index (Phi) is 9.24. The van der Waals surface area contributed by atoms with Crippen LogP contribution in [0.5, 0.6) is 0 Å². The summed E-state index contributed by atoms with van der Waals surface area (Å²) in [6, 6.07) is 26.1. The summed E-state index contributed by atoms with van der Waals surface area (Å²) in [5.41, 5.74) is 6.42. The summed E-state index contributed by atoms with van der Waals surface area (Å²) in [6.45, 7) is 10.0. The molecule has 0 saturated heterocycles. The first-order chi connectivity index (χ1) is 17.0. The van der Waals surface area contributed by atoms with Gasteiger partial charge in [0.1, 0.15) is 17.5 Å². The molecule has 5 nitrogen and oxygen atoms in total. The van der Waals surface area contributed by atoms with E-state index in [1.165, 1.54) is 12.0 Å². The van der Waals surface area contributed by atoms with Crippen molar-refractivity contribution in [3.05, 3.63) is 95.7 Å². The van der Waals surface area contributed by atoms with Crippen molar-refractivity contribution < 1.29 is 14.1 Å². The van der Waals surface area contributed by atoms with E-state index in [1.807, 2.05) is 61.5 Å². The molecule has 0 aliphatic heterocycles. The minimum Gasteiger partial charge on any atom is -0.441 e. The average Bonchev–Trinajstić information content (AvgIpc) is 3.24. The molecule has 1 atom stereocenters. The van der Waals surface area contributed by atoms with Crippen LogP contribution in [0, 0.1) is 6.92 Å². The first-order valence-corrected chi connectivity index (χ1v) is 12.1. The van der Waals surface area contributed by atoms with Crippen molar-refractivity contribution in [3.63, 3.8) is 0 Å². The summed E-state index contributed by atoms with van der Waals surface area (Å²) < 4.78 is 11.1. The Bertz CT molecular complexity index is 1200. The van der Waals surface area contributed by atoms with Gasteiger partial charge in [-0.15, -0.1) is 0 Å². The molecule has 1 aromatic heterocycles. The molecule has 5 heteroatoms. The van der Waals surface area contributed by atoms with Crippen LogP contribution in [-0.2, 0) is 11.2 Å². The van der Waals surface area contributed by atoms with Crippen molar-refractivity contribution in [1.29, 1.82) is 0 Å². The fourth-order valence-corrected chi connectivity index (χ4v) is 3.55. The van der Waals surface area contributed by atoms with Crippen LogP contribution in [0.1, 0.15) is 57.0 Å². The van der Waals surface area contributed by atoms with E-state index in [0.29, 0.717) is 17.1 Å². The number of hydrogen-bond acceptors (Lipinski definition) is 4. The third-order valence-corrected chi connectivity index (χ3v) is 5.49. The molecular weight excluding hydrogens is 436 g/mol. The van der Waals surface area contributed by atoms with E-state index in [1.54, 1.807) is 6.92 Å². The van der Waals surface area contributed by atoms with Crippen molar-refractivity contribution in [3.8, 4) is 22.5 Å². The predicted octanol–water partition coefficient (Wildman–Crippen LogP) is 8.61. The quantitative estimate of drug-likeness (QED) is 0.306. The molecule has 0 aliphatic rings. The molecule has 35 heavy (non-hydrogen) atoms. The van der Waals surface area contributed by atoms with Gasteiger partial charge in [0, 0.05) is 5.56 Å². The lowest BCUT2D eigenvalue weighted by atomic mass is 10.0. The van der Waals surface area contributed by atoms with E-state index < -0.39 is 6.09 Å². The van der Waals surface area contributed by atoms with Gasteiger partial charge in [-0.05, 0) is 42.5 Å². The number of carbonyl (C=O) groups excluding carboxylic acids is 1. The van der Waals surface area contributed by atoms with Crippen LogP contribution < -0.4 is 5.32 Å². The maximum atomic E-state index is 12.5. The van der Waals surface area contributed by atoms with Gasteiger partial charge in [-0.1, -0.05) is 111 Å². The van der Waals surface area contributed by atoms with Crippen molar-refractivity contribution in [1.82, 2.24) is 5.16 Å². The first kappa shape index (κ1) is 25.8. The van der Waals surface area contributed by atoms with Crippen LogP contribution in [0.4, 0.5) is 10.5 Å². The monoisotopic (exact) mass is 470 g/mol. The van der Waals surface area contributed by atoms with E-state index >= 15 is 0 Å². The summed E-state index contributed by atoms with van der Waals surface area (Å²) in [5, 5.41) is 6.84. The first-order valence-electron chi connectivity index (χ1n) is 12.1. The van der Waals surface area contributed by atoms with Gasteiger partial charge in [0.2, 0.25) is 0 Å². The molecular formula is C30H34N2O3. The highest BCUT2D eigenvalue weighted by Crippen LogP contribution is 2.33. The number of anilines is 1. The van der Waals surface area contributed by atoms with Gasteiger partial charge >= 0.3 is 6.09 Å². The van der Waals surface area contributed by atoms with E-state index in [2.05, 4.69) is 55.5 Å². The van der Waals surface area contributed by atoms with Crippen LogP contribution in [0.3, 0.4) is 0 Å². The van der Waals surface area contributed by atoms with Crippen LogP contribution in [0.15, 0.2) is 83.4 Å². The van der Waals surface area contributed by atoms with Gasteiger partial charge in [0.15, 0.2) is 5.76 Å². The molecule has 4 rings (SSSR count). The lowest BCUT2D eigenvalue weighted by Crippen LogP contribution is -2.16. The zero-order chi connectivity index (χ0) is 25.2. The Balaban J connectivity index is 0.00000108. The Hall–Kier alpha value is -3.86. The molecule has 3 aromatic carbocycles. The molecule has 0 fully saturated rings. The maximum absolute atomic E-state index is 12.5. The van der Waals surface area contributed by atoms with E-state index in [-0.39, 0.29) is 6.10 Å². The normalized spacial score (nSPS) is 11.2. The molecule has 0 spiro atoms. The Morgan fingerprint density at radius 3 is 2.00 bits per heavy atom. The standard InChI is InChI=1S/C27H26N2O3.C3H8/c1-4-20-10-12-22(13-11-20)23-14-16-24(17-15-23)26-25(18(2)29-32-26)28-27(30)31-19(3)21-8-6-5-7-9-21;1-3-2/h5-17,19H,4H2,1-3H3,(H,28,30);3H2,1-2H3. The topological polar surface area (TPSA) is 64.4 Å². The highest BCUT2D eigenvalue weighted by molar-refractivity contribution is 5.91. The van der Waals surface area contributed by atoms with Gasteiger partial charge in [-0.2, -0.15) is 0 Å². The average molecular weight is 471 g/mol. The third kappa shape index (κ3) is 6.82. The number of hydrogen-bond donors (Lipinski definition) is 1. The lowest BCUT2D eigenvalue weighted by Gasteiger charge is -2.14. The Labute approximate surface area is 208 Å². The number of nitrogens with one attached hydrogen (secondary N) is 1. The molecule has 4 aromatic rings. The van der Waals surface area contributed by atoms with Crippen molar-refractivity contribution >= 4 is 11.8 Å². The van der Waals surface area contributed by atoms with Crippen LogP contribution in [0.2, 0.25) is 0 Å². The molecule has 1 amide bonds. The molecule has 1 unspecified atom stereocenters. The van der Waals surface area contributed by atoms with Crippen molar-refractivity contribution in [2.24, 2.45) is 0 Å². The van der Waals surface area contributed by atoms with E-state index in [4.69, 9.17) is 9.26 Å². The second-order valence-corrected chi connectivity index (χ2v) is 8.39. The minimum atomic E-state index is -0.554. The van der Waals surface area contributed by atoms with Crippen molar-refractivity contribution in [2.45, 2.75) is 53.6 Å². The molecule has 1 heterocycles. The van der Waals surface area contributed by atoms with Gasteiger partial charge in [0.25, 0.3) is 0 Å². The molecule has 0 saturated carbocycles. The number of carbonyl (C=O) groups is 1. The smallest absolute Gasteiger partial charge is 0.412 e. The lowest BCUT2D eigenvalue weighted by molar-refractivity contribution is 0.121. The van der Waals surface area contributed by atoms with Crippen LogP contribution in [-0.4, -0.2) is 11.2 Å². The van der Waals surface area contributed by atoms with Crippen molar-refractivity contribution in [2.75, 3.05) is 5.32 Å². The van der Waals surface area contributed by atoms with Gasteiger partial charge in [-0.25, -0.2) is 4.79 Å². The number of nitrogens with zero attached hydrogens (tertiary/aromatic N) is 1.